The predicted molar refractivity (Wildman–Crippen MR) is 112 cm³/mol. The van der Waals surface area contributed by atoms with E-state index in [1.165, 1.54) is 31.9 Å². The number of ether oxygens (including phenoxy) is 1. The Hall–Kier alpha value is -1.63. The molecule has 3 rings (SSSR count). The number of hydrogen-bond donors (Lipinski definition) is 2. The van der Waals surface area contributed by atoms with Gasteiger partial charge in [0, 0.05) is 22.1 Å². The Morgan fingerprint density at radius 1 is 1.19 bits per heavy atom. The third-order valence-corrected chi connectivity index (χ3v) is 5.05. The van der Waals surface area contributed by atoms with Crippen molar-refractivity contribution in [2.75, 3.05) is 11.8 Å². The minimum absolute atomic E-state index is 0.350. The number of fused-ring (bicyclic) bond motifs is 1. The van der Waals surface area contributed by atoms with Crippen LogP contribution in [0.25, 0.3) is 10.9 Å². The van der Waals surface area contributed by atoms with E-state index in [1.807, 2.05) is 24.4 Å². The fourth-order valence-corrected chi connectivity index (χ4v) is 3.00. The molecule has 0 saturated carbocycles. The zero-order chi connectivity index (χ0) is 19.1. The summed E-state index contributed by atoms with van der Waals surface area (Å²) in [6.45, 7) is 6.16. The molecule has 0 atom stereocenters. The van der Waals surface area contributed by atoms with Gasteiger partial charge in [-0.25, -0.2) is 4.98 Å². The summed E-state index contributed by atoms with van der Waals surface area (Å²) in [5.41, 5.74) is 1.63. The van der Waals surface area contributed by atoms with Gasteiger partial charge in [0.05, 0.1) is 17.7 Å². The second kappa shape index (κ2) is 9.90. The number of hydrogen-bond acceptors (Lipinski definition) is 5. The van der Waals surface area contributed by atoms with Gasteiger partial charge in [-0.05, 0) is 31.0 Å². The summed E-state index contributed by atoms with van der Waals surface area (Å²) < 4.78 is 8.23. The highest BCUT2D eigenvalue weighted by Crippen LogP contribution is 2.31. The topological polar surface area (TPSA) is 62.8 Å². The molecule has 0 unspecified atom stereocenters. The van der Waals surface area contributed by atoms with Crippen LogP contribution in [0, 0.1) is 6.92 Å². The van der Waals surface area contributed by atoms with Crippen LogP contribution in [0.3, 0.4) is 0 Å². The fraction of sp³-hybridized carbons (Fsp3) is 0.333. The van der Waals surface area contributed by atoms with E-state index in [1.54, 1.807) is 6.92 Å². The molecule has 0 aliphatic rings. The van der Waals surface area contributed by atoms with Crippen molar-refractivity contribution in [1.82, 2.24) is 15.0 Å². The molecular formula is C18H22Cl2N4OS. The van der Waals surface area contributed by atoms with Crippen molar-refractivity contribution in [2.45, 2.75) is 38.5 Å². The lowest BCUT2D eigenvalue weighted by atomic mass is 10.2. The van der Waals surface area contributed by atoms with Crippen molar-refractivity contribution in [3.05, 3.63) is 40.1 Å². The number of H-pyrrole nitrogens is 1. The van der Waals surface area contributed by atoms with Crippen LogP contribution in [0.15, 0.2) is 29.3 Å². The quantitative estimate of drug-likeness (QED) is 0.467. The van der Waals surface area contributed by atoms with Crippen LogP contribution < -0.4 is 9.46 Å². The molecule has 1 aromatic carbocycles. The molecule has 0 radical (unpaired) electrons. The SMILES string of the molecule is CCCC.COc1nc(NSc2c[nH]c3cc(Cl)ccc23)nc(C)c1Cl. The van der Waals surface area contributed by atoms with E-state index in [-0.39, 0.29) is 0 Å². The minimum Gasteiger partial charge on any atom is -0.480 e. The average molecular weight is 413 g/mol. The zero-order valence-electron chi connectivity index (χ0n) is 15.2. The molecule has 0 amide bonds. The molecule has 0 fully saturated rings. The second-order valence-electron chi connectivity index (χ2n) is 5.50. The van der Waals surface area contributed by atoms with E-state index < -0.39 is 0 Å². The van der Waals surface area contributed by atoms with E-state index in [0.29, 0.717) is 27.6 Å². The molecule has 2 N–H and O–H groups in total. The largest absolute Gasteiger partial charge is 0.480 e. The Morgan fingerprint density at radius 3 is 2.58 bits per heavy atom. The number of anilines is 1. The zero-order valence-corrected chi connectivity index (χ0v) is 17.5. The molecule has 8 heteroatoms. The van der Waals surface area contributed by atoms with Gasteiger partial charge in [-0.1, -0.05) is 56.0 Å². The van der Waals surface area contributed by atoms with Crippen molar-refractivity contribution in [3.63, 3.8) is 0 Å². The van der Waals surface area contributed by atoms with Gasteiger partial charge in [0.15, 0.2) is 0 Å². The van der Waals surface area contributed by atoms with Crippen molar-refractivity contribution < 1.29 is 4.74 Å². The summed E-state index contributed by atoms with van der Waals surface area (Å²) in [7, 11) is 1.52. The average Bonchev–Trinajstić information content (AvgIpc) is 3.04. The van der Waals surface area contributed by atoms with E-state index in [2.05, 4.69) is 33.5 Å². The monoisotopic (exact) mass is 412 g/mol. The molecule has 0 aliphatic carbocycles. The van der Waals surface area contributed by atoms with Gasteiger partial charge in [-0.2, -0.15) is 4.98 Å². The van der Waals surface area contributed by atoms with Crippen LogP contribution in [0.4, 0.5) is 5.95 Å². The fourth-order valence-electron chi connectivity index (χ4n) is 1.97. The smallest absolute Gasteiger partial charge is 0.237 e. The molecule has 140 valence electrons. The van der Waals surface area contributed by atoms with Gasteiger partial charge in [-0.15, -0.1) is 0 Å². The molecule has 0 saturated heterocycles. The maximum atomic E-state index is 6.06. The third kappa shape index (κ3) is 5.19. The van der Waals surface area contributed by atoms with Crippen LogP contribution in [0.1, 0.15) is 32.4 Å². The van der Waals surface area contributed by atoms with Crippen LogP contribution in [0.2, 0.25) is 10.0 Å². The van der Waals surface area contributed by atoms with Crippen LogP contribution in [-0.2, 0) is 0 Å². The molecule has 2 aromatic heterocycles. The molecule has 26 heavy (non-hydrogen) atoms. The number of rotatable bonds is 5. The van der Waals surface area contributed by atoms with Crippen LogP contribution in [-0.4, -0.2) is 22.1 Å². The lowest BCUT2D eigenvalue weighted by Crippen LogP contribution is -2.00. The molecule has 0 bridgehead atoms. The van der Waals surface area contributed by atoms with E-state index in [0.717, 1.165) is 15.8 Å². The van der Waals surface area contributed by atoms with E-state index in [4.69, 9.17) is 27.9 Å². The highest BCUT2D eigenvalue weighted by atomic mass is 35.5. The van der Waals surface area contributed by atoms with Crippen LogP contribution >= 0.6 is 35.1 Å². The van der Waals surface area contributed by atoms with Crippen molar-refractivity contribution in [2.24, 2.45) is 0 Å². The Labute approximate surface area is 168 Å². The maximum absolute atomic E-state index is 6.06. The van der Waals surface area contributed by atoms with Gasteiger partial charge >= 0.3 is 0 Å². The molecule has 0 spiro atoms. The van der Waals surface area contributed by atoms with Crippen molar-refractivity contribution in [3.8, 4) is 5.88 Å². The lowest BCUT2D eigenvalue weighted by Gasteiger charge is -2.08. The number of aryl methyl sites for hydroxylation is 1. The van der Waals surface area contributed by atoms with Gasteiger partial charge in [0.25, 0.3) is 0 Å². The first kappa shape index (κ1) is 20.7. The van der Waals surface area contributed by atoms with Gasteiger partial charge in [-0.3, -0.25) is 4.72 Å². The van der Waals surface area contributed by atoms with E-state index >= 15 is 0 Å². The lowest BCUT2D eigenvalue weighted by molar-refractivity contribution is 0.397. The Balaban J connectivity index is 0.000000552. The minimum atomic E-state index is 0.350. The first-order valence-electron chi connectivity index (χ1n) is 8.27. The van der Waals surface area contributed by atoms with Gasteiger partial charge in [0.2, 0.25) is 11.8 Å². The maximum Gasteiger partial charge on any atom is 0.237 e. The number of methoxy groups -OCH3 is 1. The Morgan fingerprint density at radius 2 is 1.92 bits per heavy atom. The van der Waals surface area contributed by atoms with Crippen molar-refractivity contribution in [1.29, 1.82) is 0 Å². The molecule has 3 aromatic rings. The van der Waals surface area contributed by atoms with E-state index in [9.17, 15) is 0 Å². The summed E-state index contributed by atoms with van der Waals surface area (Å²) in [6, 6.07) is 5.70. The Bertz CT molecular complexity index is 868. The normalized spacial score (nSPS) is 10.4. The number of unbranched alkanes of at least 4 members (excludes halogenated alkanes) is 1. The highest BCUT2D eigenvalue weighted by Gasteiger charge is 2.11. The summed E-state index contributed by atoms with van der Waals surface area (Å²) in [5.74, 6) is 0.787. The third-order valence-electron chi connectivity index (χ3n) is 3.54. The molecular weight excluding hydrogens is 391 g/mol. The number of nitrogens with one attached hydrogen (secondary N) is 2. The Kier molecular flexibility index (Phi) is 7.87. The summed E-state index contributed by atoms with van der Waals surface area (Å²) in [5, 5.41) is 2.18. The number of aromatic amines is 1. The first-order valence-corrected chi connectivity index (χ1v) is 9.85. The number of aromatic nitrogens is 3. The standard InChI is InChI=1S/C14H12Cl2N4OS.C4H10/c1-7-12(16)13(21-2)19-14(18-7)20-22-11-6-17-10-5-8(15)3-4-9(10)11;1-3-4-2/h3-6,17H,1-2H3,(H,18,19,20);3-4H2,1-2H3. The first-order chi connectivity index (χ1) is 12.5. The summed E-state index contributed by atoms with van der Waals surface area (Å²) in [4.78, 5) is 12.7. The number of halogens is 2. The van der Waals surface area contributed by atoms with Crippen LogP contribution in [0.5, 0.6) is 5.88 Å². The van der Waals surface area contributed by atoms with Crippen molar-refractivity contribution >= 4 is 52.0 Å². The molecule has 0 aliphatic heterocycles. The molecule has 2 heterocycles. The summed E-state index contributed by atoms with van der Waals surface area (Å²) >= 11 is 13.4. The highest BCUT2D eigenvalue weighted by molar-refractivity contribution is 8.00. The number of nitrogens with zero attached hydrogens (tertiary/aromatic N) is 2. The molecule has 5 nitrogen and oxygen atoms in total. The van der Waals surface area contributed by atoms with Gasteiger partial charge < -0.3 is 9.72 Å². The summed E-state index contributed by atoms with van der Waals surface area (Å²) in [6.07, 6.45) is 4.54. The second-order valence-corrected chi connectivity index (χ2v) is 7.17. The van der Waals surface area contributed by atoms with Gasteiger partial charge in [0.1, 0.15) is 5.02 Å². The predicted octanol–water partition coefficient (Wildman–Crippen LogP) is 6.51. The number of benzene rings is 1.